The average Bonchev–Trinajstić information content (AvgIpc) is 2.85. The van der Waals surface area contributed by atoms with Crippen LogP contribution in [0.2, 0.25) is 0 Å². The Labute approximate surface area is 190 Å². The van der Waals surface area contributed by atoms with Gasteiger partial charge < -0.3 is 10.2 Å². The Hall–Kier alpha value is -3.40. The summed E-state index contributed by atoms with van der Waals surface area (Å²) in [6.45, 7) is 0. The number of hydrogen-bond donors (Lipinski definition) is 1. The monoisotopic (exact) mass is 426 g/mol. The quantitative estimate of drug-likeness (QED) is 0.536. The number of benzene rings is 3. The number of rotatable bonds is 6. The van der Waals surface area contributed by atoms with Gasteiger partial charge in [0.25, 0.3) is 5.91 Å². The van der Waals surface area contributed by atoms with Crippen molar-refractivity contribution in [3.63, 3.8) is 0 Å². The third-order valence-corrected chi connectivity index (χ3v) is 6.39. The minimum atomic E-state index is -0.461. The standard InChI is InChI=1S/C28H30N2O2/c1-30(23-17-9-4-10-18-23)28(32)24-19-11-12-20-25(24)29-27(31)26(21-13-5-2-6-14-21)22-15-7-3-8-16-22/h2-3,5-8,11-16,19-20,23,26H,4,9-10,17-18H2,1H3,(H,29,31). The lowest BCUT2D eigenvalue weighted by Gasteiger charge is -2.31. The third kappa shape index (κ3) is 4.91. The van der Waals surface area contributed by atoms with Gasteiger partial charge in [0.2, 0.25) is 5.91 Å². The second-order valence-electron chi connectivity index (χ2n) is 8.50. The Kier molecular flexibility index (Phi) is 7.00. The molecule has 1 N–H and O–H groups in total. The molecule has 0 aromatic heterocycles. The molecule has 164 valence electrons. The van der Waals surface area contributed by atoms with Crippen LogP contribution in [0.4, 0.5) is 5.69 Å². The molecule has 0 unspecified atom stereocenters. The van der Waals surface area contributed by atoms with Gasteiger partial charge in [-0.05, 0) is 36.1 Å². The Morgan fingerprint density at radius 2 is 1.31 bits per heavy atom. The molecular formula is C28H30N2O2. The molecule has 1 saturated carbocycles. The van der Waals surface area contributed by atoms with E-state index in [2.05, 4.69) is 5.32 Å². The number of hydrogen-bond acceptors (Lipinski definition) is 2. The van der Waals surface area contributed by atoms with Crippen molar-refractivity contribution in [3.8, 4) is 0 Å². The highest BCUT2D eigenvalue weighted by Crippen LogP contribution is 2.28. The van der Waals surface area contributed by atoms with Crippen LogP contribution >= 0.6 is 0 Å². The number of carbonyl (C=O) groups excluding carboxylic acids is 2. The maximum atomic E-state index is 13.5. The van der Waals surface area contributed by atoms with Gasteiger partial charge in [0, 0.05) is 13.1 Å². The second kappa shape index (κ2) is 10.3. The number of nitrogens with zero attached hydrogens (tertiary/aromatic N) is 1. The van der Waals surface area contributed by atoms with Gasteiger partial charge in [-0.1, -0.05) is 92.1 Å². The van der Waals surface area contributed by atoms with Crippen LogP contribution < -0.4 is 5.32 Å². The van der Waals surface area contributed by atoms with Gasteiger partial charge in [-0.25, -0.2) is 0 Å². The largest absolute Gasteiger partial charge is 0.339 e. The first kappa shape index (κ1) is 21.8. The summed E-state index contributed by atoms with van der Waals surface area (Å²) in [6.07, 6.45) is 5.65. The highest BCUT2D eigenvalue weighted by molar-refractivity contribution is 6.05. The summed E-state index contributed by atoms with van der Waals surface area (Å²) < 4.78 is 0. The second-order valence-corrected chi connectivity index (χ2v) is 8.50. The number of anilines is 1. The Bertz CT molecular complexity index is 1000. The van der Waals surface area contributed by atoms with Crippen LogP contribution in [0.3, 0.4) is 0 Å². The van der Waals surface area contributed by atoms with Crippen molar-refractivity contribution < 1.29 is 9.59 Å². The molecule has 3 aromatic rings. The fourth-order valence-electron chi connectivity index (χ4n) is 4.59. The molecule has 0 radical (unpaired) electrons. The van der Waals surface area contributed by atoms with Gasteiger partial charge in [0.05, 0.1) is 17.2 Å². The minimum Gasteiger partial charge on any atom is -0.339 e. The zero-order valence-electron chi connectivity index (χ0n) is 18.5. The molecule has 3 aromatic carbocycles. The molecule has 0 spiro atoms. The number of amides is 2. The molecule has 4 heteroatoms. The Morgan fingerprint density at radius 3 is 1.91 bits per heavy atom. The van der Waals surface area contributed by atoms with Crippen LogP contribution in [-0.2, 0) is 4.79 Å². The van der Waals surface area contributed by atoms with Crippen molar-refractivity contribution in [2.45, 2.75) is 44.1 Å². The minimum absolute atomic E-state index is 0.0382. The highest BCUT2D eigenvalue weighted by Gasteiger charge is 2.27. The van der Waals surface area contributed by atoms with Crippen molar-refractivity contribution in [3.05, 3.63) is 102 Å². The van der Waals surface area contributed by atoms with Gasteiger partial charge in [0.1, 0.15) is 0 Å². The summed E-state index contributed by atoms with van der Waals surface area (Å²) in [7, 11) is 1.88. The normalized spacial score (nSPS) is 14.2. The lowest BCUT2D eigenvalue weighted by molar-refractivity contribution is -0.116. The van der Waals surface area contributed by atoms with E-state index in [1.54, 1.807) is 6.07 Å². The number of carbonyl (C=O) groups is 2. The predicted molar refractivity (Wildman–Crippen MR) is 129 cm³/mol. The van der Waals surface area contributed by atoms with Gasteiger partial charge in [-0.15, -0.1) is 0 Å². The van der Waals surface area contributed by atoms with E-state index in [-0.39, 0.29) is 17.9 Å². The van der Waals surface area contributed by atoms with Crippen LogP contribution in [-0.4, -0.2) is 29.8 Å². The van der Waals surface area contributed by atoms with Crippen LogP contribution in [0.25, 0.3) is 0 Å². The molecule has 0 bridgehead atoms. The first-order valence-corrected chi connectivity index (χ1v) is 11.4. The molecule has 1 fully saturated rings. The van der Waals surface area contributed by atoms with E-state index in [1.807, 2.05) is 90.8 Å². The molecular weight excluding hydrogens is 396 g/mol. The smallest absolute Gasteiger partial charge is 0.255 e. The van der Waals surface area contributed by atoms with Crippen LogP contribution in [0.15, 0.2) is 84.9 Å². The van der Waals surface area contributed by atoms with Crippen LogP contribution in [0.5, 0.6) is 0 Å². The van der Waals surface area contributed by atoms with Crippen LogP contribution in [0, 0.1) is 0 Å². The number of nitrogens with one attached hydrogen (secondary N) is 1. The highest BCUT2D eigenvalue weighted by atomic mass is 16.2. The van der Waals surface area contributed by atoms with Gasteiger partial charge >= 0.3 is 0 Å². The molecule has 4 rings (SSSR count). The maximum Gasteiger partial charge on any atom is 0.255 e. The summed E-state index contributed by atoms with van der Waals surface area (Å²) in [4.78, 5) is 28.7. The van der Waals surface area contributed by atoms with Crippen molar-refractivity contribution in [2.24, 2.45) is 0 Å². The third-order valence-electron chi connectivity index (χ3n) is 6.39. The molecule has 0 heterocycles. The molecule has 2 amide bonds. The zero-order chi connectivity index (χ0) is 22.3. The maximum absolute atomic E-state index is 13.5. The molecule has 1 aliphatic carbocycles. The van der Waals surface area contributed by atoms with E-state index < -0.39 is 5.92 Å². The SMILES string of the molecule is CN(C(=O)c1ccccc1NC(=O)C(c1ccccc1)c1ccccc1)C1CCCCC1. The zero-order valence-corrected chi connectivity index (χ0v) is 18.5. The van der Waals surface area contributed by atoms with Gasteiger partial charge in [-0.3, -0.25) is 9.59 Å². The van der Waals surface area contributed by atoms with Crippen molar-refractivity contribution >= 4 is 17.5 Å². The molecule has 0 atom stereocenters. The summed E-state index contributed by atoms with van der Waals surface area (Å²) >= 11 is 0. The van der Waals surface area contributed by atoms with Gasteiger partial charge in [-0.2, -0.15) is 0 Å². The van der Waals surface area contributed by atoms with Crippen LogP contribution in [0.1, 0.15) is 59.5 Å². The van der Waals surface area contributed by atoms with E-state index >= 15 is 0 Å². The van der Waals surface area contributed by atoms with E-state index in [9.17, 15) is 9.59 Å². The van der Waals surface area contributed by atoms with Crippen molar-refractivity contribution in [1.29, 1.82) is 0 Å². The summed E-state index contributed by atoms with van der Waals surface area (Å²) in [6, 6.07) is 27.1. The average molecular weight is 427 g/mol. The van der Waals surface area contributed by atoms with E-state index in [4.69, 9.17) is 0 Å². The predicted octanol–water partition coefficient (Wildman–Crippen LogP) is 5.86. The summed E-state index contributed by atoms with van der Waals surface area (Å²) in [5.74, 6) is -0.650. The van der Waals surface area contributed by atoms with Crippen molar-refractivity contribution in [1.82, 2.24) is 4.90 Å². The fraction of sp³-hybridized carbons (Fsp3) is 0.286. The van der Waals surface area contributed by atoms with Gasteiger partial charge in [0.15, 0.2) is 0 Å². The lowest BCUT2D eigenvalue weighted by Crippen LogP contribution is -2.38. The van der Waals surface area contributed by atoms with E-state index in [0.29, 0.717) is 11.3 Å². The fourth-order valence-corrected chi connectivity index (χ4v) is 4.59. The molecule has 0 saturated heterocycles. The Morgan fingerprint density at radius 1 is 0.781 bits per heavy atom. The molecule has 4 nitrogen and oxygen atoms in total. The summed E-state index contributed by atoms with van der Waals surface area (Å²) in [5.41, 5.74) is 2.93. The Balaban J connectivity index is 1.60. The van der Waals surface area contributed by atoms with E-state index in [0.717, 1.165) is 36.8 Å². The van der Waals surface area contributed by atoms with Crippen molar-refractivity contribution in [2.75, 3.05) is 12.4 Å². The topological polar surface area (TPSA) is 49.4 Å². The lowest BCUT2D eigenvalue weighted by atomic mass is 9.90. The first-order valence-electron chi connectivity index (χ1n) is 11.4. The number of para-hydroxylation sites is 1. The van der Waals surface area contributed by atoms with E-state index in [1.165, 1.54) is 6.42 Å². The summed E-state index contributed by atoms with van der Waals surface area (Å²) in [5, 5.41) is 3.06. The first-order chi connectivity index (χ1) is 15.6. The molecule has 1 aliphatic rings. The molecule has 32 heavy (non-hydrogen) atoms. The molecule has 0 aliphatic heterocycles.